The third-order valence-electron chi connectivity index (χ3n) is 3.71. The maximum atomic E-state index is 11.8. The van der Waals surface area contributed by atoms with Crippen molar-refractivity contribution in [3.8, 4) is 0 Å². The summed E-state index contributed by atoms with van der Waals surface area (Å²) in [6.07, 6.45) is 1.98. The van der Waals surface area contributed by atoms with E-state index in [1.807, 2.05) is 0 Å². The third kappa shape index (κ3) is 4.29. The molecule has 1 saturated heterocycles. The molecule has 21 heavy (non-hydrogen) atoms. The van der Waals surface area contributed by atoms with Crippen LogP contribution in [0.1, 0.15) is 25.5 Å². The molecule has 1 fully saturated rings. The van der Waals surface area contributed by atoms with Crippen molar-refractivity contribution in [3.05, 3.63) is 32.6 Å². The third-order valence-corrected chi connectivity index (χ3v) is 3.71. The number of carbonyl (C=O) groups excluding carboxylic acids is 1. The first-order valence-corrected chi connectivity index (χ1v) is 7.26. The van der Waals surface area contributed by atoms with Gasteiger partial charge in [-0.25, -0.2) is 4.79 Å². The lowest BCUT2D eigenvalue weighted by molar-refractivity contribution is -0.120. The molecule has 0 aliphatic carbocycles. The summed E-state index contributed by atoms with van der Waals surface area (Å²) < 4.78 is 1.22. The lowest BCUT2D eigenvalue weighted by Gasteiger charge is -2.32. The minimum atomic E-state index is -0.365. The van der Waals surface area contributed by atoms with Crippen molar-refractivity contribution in [3.63, 3.8) is 0 Å². The number of amides is 1. The number of aryl methyl sites for hydroxylation is 1. The Morgan fingerprint density at radius 1 is 1.43 bits per heavy atom. The van der Waals surface area contributed by atoms with E-state index in [1.54, 1.807) is 6.92 Å². The van der Waals surface area contributed by atoms with Crippen LogP contribution in [0.5, 0.6) is 0 Å². The maximum Gasteiger partial charge on any atom is 0.328 e. The standard InChI is InChI=1S/C14H22N4O3/c1-10-8-13(20)18(14(21)15-10)7-6-17-5-3-4-12(9-17)16-11(2)19/h8,12H,3-7,9H2,1-2H3,(H,15,21)(H,16,19). The van der Waals surface area contributed by atoms with E-state index in [0.29, 0.717) is 18.8 Å². The Labute approximate surface area is 123 Å². The van der Waals surface area contributed by atoms with Gasteiger partial charge >= 0.3 is 5.69 Å². The maximum absolute atomic E-state index is 11.8. The van der Waals surface area contributed by atoms with E-state index in [9.17, 15) is 14.4 Å². The van der Waals surface area contributed by atoms with Gasteiger partial charge in [-0.2, -0.15) is 0 Å². The van der Waals surface area contributed by atoms with E-state index in [-0.39, 0.29) is 23.2 Å². The quantitative estimate of drug-likeness (QED) is 0.780. The fourth-order valence-electron chi connectivity index (χ4n) is 2.75. The van der Waals surface area contributed by atoms with Crippen molar-refractivity contribution >= 4 is 5.91 Å². The largest absolute Gasteiger partial charge is 0.352 e. The fourth-order valence-corrected chi connectivity index (χ4v) is 2.75. The van der Waals surface area contributed by atoms with Gasteiger partial charge in [-0.05, 0) is 26.3 Å². The second kappa shape index (κ2) is 6.71. The Bertz CT molecular complexity index is 588. The molecular weight excluding hydrogens is 272 g/mol. The monoisotopic (exact) mass is 294 g/mol. The van der Waals surface area contributed by atoms with Crippen LogP contribution in [0.2, 0.25) is 0 Å². The highest BCUT2D eigenvalue weighted by Crippen LogP contribution is 2.09. The second-order valence-corrected chi connectivity index (χ2v) is 5.59. The van der Waals surface area contributed by atoms with Gasteiger partial charge in [0, 0.05) is 44.4 Å². The number of hydrogen-bond donors (Lipinski definition) is 2. The van der Waals surface area contributed by atoms with E-state index in [4.69, 9.17) is 0 Å². The summed E-state index contributed by atoms with van der Waals surface area (Å²) in [4.78, 5) is 39.5. The number of aromatic amines is 1. The Morgan fingerprint density at radius 2 is 2.19 bits per heavy atom. The molecule has 7 nitrogen and oxygen atoms in total. The lowest BCUT2D eigenvalue weighted by Crippen LogP contribution is -2.48. The van der Waals surface area contributed by atoms with E-state index < -0.39 is 0 Å². The SMILES string of the molecule is CC(=O)NC1CCCN(CCn2c(=O)cc(C)[nH]c2=O)C1. The van der Waals surface area contributed by atoms with E-state index >= 15 is 0 Å². The van der Waals surface area contributed by atoms with Crippen LogP contribution in [-0.4, -0.2) is 46.0 Å². The average molecular weight is 294 g/mol. The number of aromatic nitrogens is 2. The molecule has 2 heterocycles. The van der Waals surface area contributed by atoms with Crippen molar-refractivity contribution in [2.45, 2.75) is 39.3 Å². The van der Waals surface area contributed by atoms with Crippen LogP contribution in [-0.2, 0) is 11.3 Å². The Kier molecular flexibility index (Phi) is 4.95. The summed E-state index contributed by atoms with van der Waals surface area (Å²) >= 11 is 0. The van der Waals surface area contributed by atoms with Crippen molar-refractivity contribution in [1.29, 1.82) is 0 Å². The average Bonchev–Trinajstić information content (AvgIpc) is 2.37. The molecule has 1 amide bonds. The molecule has 1 unspecified atom stereocenters. The van der Waals surface area contributed by atoms with Crippen LogP contribution >= 0.6 is 0 Å². The number of hydrogen-bond acceptors (Lipinski definition) is 4. The smallest absolute Gasteiger partial charge is 0.328 e. The van der Waals surface area contributed by atoms with E-state index in [0.717, 1.165) is 25.9 Å². The van der Waals surface area contributed by atoms with Gasteiger partial charge in [0.05, 0.1) is 0 Å². The van der Waals surface area contributed by atoms with Gasteiger partial charge in [0.2, 0.25) is 5.91 Å². The van der Waals surface area contributed by atoms with Crippen LogP contribution in [0.4, 0.5) is 0 Å². The summed E-state index contributed by atoms with van der Waals surface area (Å²) in [5.74, 6) is -0.0203. The molecule has 0 radical (unpaired) electrons. The summed E-state index contributed by atoms with van der Waals surface area (Å²) in [7, 11) is 0. The number of piperidine rings is 1. The molecule has 1 atom stereocenters. The Morgan fingerprint density at radius 3 is 2.86 bits per heavy atom. The van der Waals surface area contributed by atoms with Gasteiger partial charge in [-0.1, -0.05) is 0 Å². The summed E-state index contributed by atoms with van der Waals surface area (Å²) in [6, 6.07) is 1.59. The van der Waals surface area contributed by atoms with Crippen LogP contribution in [0.15, 0.2) is 15.7 Å². The normalized spacial score (nSPS) is 19.4. The van der Waals surface area contributed by atoms with E-state index in [2.05, 4.69) is 15.2 Å². The topological polar surface area (TPSA) is 87.2 Å². The van der Waals surface area contributed by atoms with E-state index in [1.165, 1.54) is 17.6 Å². The predicted molar refractivity (Wildman–Crippen MR) is 79.3 cm³/mol. The molecule has 7 heteroatoms. The zero-order valence-corrected chi connectivity index (χ0v) is 12.5. The highest BCUT2D eigenvalue weighted by molar-refractivity contribution is 5.73. The lowest BCUT2D eigenvalue weighted by atomic mass is 10.1. The molecule has 1 aromatic rings. The first-order chi connectivity index (χ1) is 9.95. The summed E-state index contributed by atoms with van der Waals surface area (Å²) in [5.41, 5.74) is -0.0629. The summed E-state index contributed by atoms with van der Waals surface area (Å²) in [5, 5.41) is 2.92. The van der Waals surface area contributed by atoms with Gasteiger partial charge < -0.3 is 10.3 Å². The number of likely N-dealkylation sites (tertiary alicyclic amines) is 1. The highest BCUT2D eigenvalue weighted by atomic mass is 16.2. The molecule has 1 aromatic heterocycles. The minimum Gasteiger partial charge on any atom is -0.352 e. The van der Waals surface area contributed by atoms with Gasteiger partial charge in [0.1, 0.15) is 0 Å². The molecule has 116 valence electrons. The molecule has 0 saturated carbocycles. The van der Waals surface area contributed by atoms with Crippen LogP contribution < -0.4 is 16.6 Å². The first-order valence-electron chi connectivity index (χ1n) is 7.26. The van der Waals surface area contributed by atoms with Gasteiger partial charge in [0.15, 0.2) is 0 Å². The Hall–Kier alpha value is -1.89. The molecule has 2 rings (SSSR count). The molecule has 0 bridgehead atoms. The Balaban J connectivity index is 1.95. The zero-order valence-electron chi connectivity index (χ0n) is 12.5. The van der Waals surface area contributed by atoms with Crippen LogP contribution in [0, 0.1) is 6.92 Å². The van der Waals surface area contributed by atoms with Crippen LogP contribution in [0.3, 0.4) is 0 Å². The molecule has 1 aliphatic heterocycles. The predicted octanol–water partition coefficient (Wildman–Crippen LogP) is -0.554. The number of nitrogens with zero attached hydrogens (tertiary/aromatic N) is 2. The first kappa shape index (κ1) is 15.5. The van der Waals surface area contributed by atoms with Gasteiger partial charge in [-0.15, -0.1) is 0 Å². The van der Waals surface area contributed by atoms with Crippen molar-refractivity contribution in [2.75, 3.05) is 19.6 Å². The number of H-pyrrole nitrogens is 1. The molecule has 2 N–H and O–H groups in total. The molecule has 1 aliphatic rings. The minimum absolute atomic E-state index is 0.0203. The van der Waals surface area contributed by atoms with Gasteiger partial charge in [-0.3, -0.25) is 19.1 Å². The molecular formula is C14H22N4O3. The second-order valence-electron chi connectivity index (χ2n) is 5.59. The van der Waals surface area contributed by atoms with Crippen molar-refractivity contribution in [2.24, 2.45) is 0 Å². The number of rotatable bonds is 4. The van der Waals surface area contributed by atoms with Crippen molar-refractivity contribution < 1.29 is 4.79 Å². The zero-order chi connectivity index (χ0) is 15.4. The van der Waals surface area contributed by atoms with Crippen LogP contribution in [0.25, 0.3) is 0 Å². The summed E-state index contributed by atoms with van der Waals surface area (Å²) in [6.45, 7) is 5.89. The molecule has 0 aromatic carbocycles. The number of nitrogens with one attached hydrogen (secondary N) is 2. The highest BCUT2D eigenvalue weighted by Gasteiger charge is 2.20. The number of carbonyl (C=O) groups is 1. The fraction of sp³-hybridized carbons (Fsp3) is 0.643. The van der Waals surface area contributed by atoms with Gasteiger partial charge in [0.25, 0.3) is 5.56 Å². The molecule has 0 spiro atoms. The van der Waals surface area contributed by atoms with Crippen molar-refractivity contribution in [1.82, 2.24) is 19.8 Å².